The number of benzene rings is 2. The second-order valence-corrected chi connectivity index (χ2v) is 7.53. The first kappa shape index (κ1) is 19.3. The van der Waals surface area contributed by atoms with Gasteiger partial charge in [0.05, 0.1) is 16.7 Å². The molecule has 0 aliphatic rings. The summed E-state index contributed by atoms with van der Waals surface area (Å²) in [5.74, 6) is -1.22. The molecule has 0 saturated carbocycles. The first-order chi connectivity index (χ1) is 13.5. The topological polar surface area (TPSA) is 118 Å². The van der Waals surface area contributed by atoms with Gasteiger partial charge in [-0.15, -0.1) is 0 Å². The van der Waals surface area contributed by atoms with Crippen LogP contribution in [0.3, 0.4) is 0 Å². The summed E-state index contributed by atoms with van der Waals surface area (Å²) in [6.07, 6.45) is 2.56. The van der Waals surface area contributed by atoms with Crippen molar-refractivity contribution in [2.45, 2.75) is 11.4 Å². The van der Waals surface area contributed by atoms with Crippen LogP contribution in [0, 0.1) is 0 Å². The average Bonchev–Trinajstić information content (AvgIpc) is 3.26. The number of hydrogen-bond donors (Lipinski definition) is 3. The van der Waals surface area contributed by atoms with Crippen molar-refractivity contribution in [2.24, 2.45) is 0 Å². The summed E-state index contributed by atoms with van der Waals surface area (Å²) in [6, 6.07) is 16.0. The molecule has 2 amide bonds. The van der Waals surface area contributed by atoms with Crippen LogP contribution in [0.2, 0.25) is 0 Å². The molecule has 0 unspecified atom stereocenters. The Hall–Kier alpha value is -3.43. The summed E-state index contributed by atoms with van der Waals surface area (Å²) in [5.41, 5.74) is 5.58. The molecule has 1 aromatic heterocycles. The molecule has 0 radical (unpaired) electrons. The Morgan fingerprint density at radius 1 is 0.857 bits per heavy atom. The minimum atomic E-state index is -3.81. The highest BCUT2D eigenvalue weighted by molar-refractivity contribution is 7.89. The molecule has 0 aliphatic carbocycles. The van der Waals surface area contributed by atoms with Gasteiger partial charge in [-0.05, 0) is 29.8 Å². The van der Waals surface area contributed by atoms with Gasteiger partial charge in [-0.3, -0.25) is 20.4 Å². The summed E-state index contributed by atoms with van der Waals surface area (Å²) >= 11 is 0. The number of carbonyl (C=O) groups is 2. The van der Waals surface area contributed by atoms with Crippen LogP contribution in [0.15, 0.2) is 82.5 Å². The average molecular weight is 399 g/mol. The standard InChI is InChI=1S/C19H17N3O5S/c23-18(21-22-19(24)16-9-10-27-13-16)15-7-4-8-17(11-15)28(25,26)20-12-14-5-2-1-3-6-14/h1-11,13,20H,12H2,(H,21,23)(H,22,24). The molecule has 0 fully saturated rings. The van der Waals surface area contributed by atoms with Gasteiger partial charge in [0.25, 0.3) is 11.8 Å². The molecule has 0 aliphatic heterocycles. The molecule has 3 rings (SSSR count). The fourth-order valence-electron chi connectivity index (χ4n) is 2.31. The molecule has 3 aromatic rings. The largest absolute Gasteiger partial charge is 0.472 e. The van der Waals surface area contributed by atoms with E-state index in [4.69, 9.17) is 4.42 Å². The van der Waals surface area contributed by atoms with Gasteiger partial charge in [0.2, 0.25) is 10.0 Å². The highest BCUT2D eigenvalue weighted by Gasteiger charge is 2.17. The minimum absolute atomic E-state index is 0.0581. The number of carbonyl (C=O) groups excluding carboxylic acids is 2. The van der Waals surface area contributed by atoms with E-state index in [1.807, 2.05) is 18.2 Å². The maximum Gasteiger partial charge on any atom is 0.272 e. The van der Waals surface area contributed by atoms with E-state index in [1.165, 1.54) is 42.9 Å². The van der Waals surface area contributed by atoms with Crippen molar-refractivity contribution in [1.82, 2.24) is 15.6 Å². The lowest BCUT2D eigenvalue weighted by molar-refractivity contribution is 0.0846. The molecule has 3 N–H and O–H groups in total. The van der Waals surface area contributed by atoms with E-state index >= 15 is 0 Å². The second-order valence-electron chi connectivity index (χ2n) is 5.76. The first-order valence-corrected chi connectivity index (χ1v) is 9.70. The summed E-state index contributed by atoms with van der Waals surface area (Å²) in [7, 11) is -3.81. The quantitative estimate of drug-likeness (QED) is 0.547. The van der Waals surface area contributed by atoms with Crippen LogP contribution in [-0.4, -0.2) is 20.2 Å². The van der Waals surface area contributed by atoms with E-state index in [-0.39, 0.29) is 22.6 Å². The maximum atomic E-state index is 12.5. The zero-order valence-corrected chi connectivity index (χ0v) is 15.4. The molecular formula is C19H17N3O5S. The monoisotopic (exact) mass is 399 g/mol. The molecule has 8 nitrogen and oxygen atoms in total. The molecule has 0 atom stereocenters. The van der Waals surface area contributed by atoms with E-state index < -0.39 is 21.8 Å². The Morgan fingerprint density at radius 3 is 2.25 bits per heavy atom. The van der Waals surface area contributed by atoms with Crippen molar-refractivity contribution in [2.75, 3.05) is 0 Å². The van der Waals surface area contributed by atoms with Gasteiger partial charge in [-0.2, -0.15) is 0 Å². The number of amides is 2. The van der Waals surface area contributed by atoms with Crippen molar-refractivity contribution in [3.8, 4) is 0 Å². The number of hydrogen-bond acceptors (Lipinski definition) is 5. The minimum Gasteiger partial charge on any atom is -0.472 e. The molecule has 1 heterocycles. The summed E-state index contributed by atoms with van der Waals surface area (Å²) in [5, 5.41) is 0. The summed E-state index contributed by atoms with van der Waals surface area (Å²) in [4.78, 5) is 24.0. The zero-order chi connectivity index (χ0) is 20.0. The lowest BCUT2D eigenvalue weighted by atomic mass is 10.2. The van der Waals surface area contributed by atoms with Gasteiger partial charge in [-0.25, -0.2) is 13.1 Å². The lowest BCUT2D eigenvalue weighted by Crippen LogP contribution is -2.41. The van der Waals surface area contributed by atoms with E-state index in [2.05, 4.69) is 15.6 Å². The molecule has 0 spiro atoms. The van der Waals surface area contributed by atoms with Crippen molar-refractivity contribution < 1.29 is 22.4 Å². The van der Waals surface area contributed by atoms with Gasteiger partial charge in [0.1, 0.15) is 6.26 Å². The van der Waals surface area contributed by atoms with Crippen LogP contribution in [-0.2, 0) is 16.6 Å². The van der Waals surface area contributed by atoms with E-state index in [9.17, 15) is 18.0 Å². The van der Waals surface area contributed by atoms with Gasteiger partial charge >= 0.3 is 0 Å². The third kappa shape index (κ3) is 4.84. The number of hydrazine groups is 1. The maximum absolute atomic E-state index is 12.5. The first-order valence-electron chi connectivity index (χ1n) is 8.22. The molecule has 144 valence electrons. The number of rotatable bonds is 6. The van der Waals surface area contributed by atoms with Crippen molar-refractivity contribution >= 4 is 21.8 Å². The van der Waals surface area contributed by atoms with Crippen molar-refractivity contribution in [1.29, 1.82) is 0 Å². The van der Waals surface area contributed by atoms with Crippen LogP contribution in [0.1, 0.15) is 26.3 Å². The molecular weight excluding hydrogens is 382 g/mol. The Morgan fingerprint density at radius 2 is 1.57 bits per heavy atom. The van der Waals surface area contributed by atoms with Gasteiger partial charge in [0.15, 0.2) is 0 Å². The van der Waals surface area contributed by atoms with Gasteiger partial charge in [-0.1, -0.05) is 36.4 Å². The highest BCUT2D eigenvalue weighted by Crippen LogP contribution is 2.12. The van der Waals surface area contributed by atoms with Crippen LogP contribution in [0.5, 0.6) is 0 Å². The van der Waals surface area contributed by atoms with E-state index in [1.54, 1.807) is 12.1 Å². The Labute approximate surface area is 161 Å². The van der Waals surface area contributed by atoms with Crippen LogP contribution < -0.4 is 15.6 Å². The zero-order valence-electron chi connectivity index (χ0n) is 14.6. The second kappa shape index (κ2) is 8.51. The number of sulfonamides is 1. The number of nitrogens with one attached hydrogen (secondary N) is 3. The lowest BCUT2D eigenvalue weighted by Gasteiger charge is -2.09. The fourth-order valence-corrected chi connectivity index (χ4v) is 3.38. The summed E-state index contributed by atoms with van der Waals surface area (Å²) in [6.45, 7) is 0.125. The fraction of sp³-hybridized carbons (Fsp3) is 0.0526. The highest BCUT2D eigenvalue weighted by atomic mass is 32.2. The third-order valence-corrected chi connectivity index (χ3v) is 5.19. The van der Waals surface area contributed by atoms with E-state index in [0.29, 0.717) is 0 Å². The molecule has 9 heteroatoms. The van der Waals surface area contributed by atoms with Crippen LogP contribution >= 0.6 is 0 Å². The molecule has 28 heavy (non-hydrogen) atoms. The van der Waals surface area contributed by atoms with Crippen molar-refractivity contribution in [3.05, 3.63) is 89.9 Å². The SMILES string of the molecule is O=C(NNC(=O)c1cccc(S(=O)(=O)NCc2ccccc2)c1)c1ccoc1. The Kier molecular flexibility index (Phi) is 5.87. The van der Waals surface area contributed by atoms with Crippen LogP contribution in [0.4, 0.5) is 0 Å². The molecule has 0 saturated heterocycles. The van der Waals surface area contributed by atoms with Gasteiger partial charge < -0.3 is 4.42 Å². The predicted molar refractivity (Wildman–Crippen MR) is 101 cm³/mol. The third-order valence-electron chi connectivity index (χ3n) is 3.79. The molecule has 2 aromatic carbocycles. The number of furan rings is 1. The Balaban J connectivity index is 1.65. The van der Waals surface area contributed by atoms with Crippen LogP contribution in [0.25, 0.3) is 0 Å². The van der Waals surface area contributed by atoms with Gasteiger partial charge in [0, 0.05) is 12.1 Å². The molecule has 0 bridgehead atoms. The van der Waals surface area contributed by atoms with Crippen molar-refractivity contribution in [3.63, 3.8) is 0 Å². The predicted octanol–water partition coefficient (Wildman–Crippen LogP) is 1.83. The smallest absolute Gasteiger partial charge is 0.272 e. The summed E-state index contributed by atoms with van der Waals surface area (Å²) < 4.78 is 32.2. The van der Waals surface area contributed by atoms with E-state index in [0.717, 1.165) is 5.56 Å². The normalized spacial score (nSPS) is 11.0. The Bertz CT molecular complexity index is 1060.